The van der Waals surface area contributed by atoms with Crippen LogP contribution >= 0.6 is 0 Å². The highest BCUT2D eigenvalue weighted by molar-refractivity contribution is 5.97. The van der Waals surface area contributed by atoms with Gasteiger partial charge in [0.05, 0.1) is 6.61 Å². The number of aryl methyl sites for hydroxylation is 2. The standard InChI is InChI=1S/C22H35NO3/c1-6-11-25-20-17(4)13-19(14-18(20)5)23-21(24)22(26-12-7-2)10-8-9-16(3)15-22/h13-14,16H,6-12,15H2,1-5H3,(H,23,24)/t16-,22-/m1/s1. The van der Waals surface area contributed by atoms with Gasteiger partial charge in [-0.1, -0.05) is 27.2 Å². The Labute approximate surface area is 158 Å². The van der Waals surface area contributed by atoms with Crippen LogP contribution < -0.4 is 10.1 Å². The van der Waals surface area contributed by atoms with Gasteiger partial charge < -0.3 is 14.8 Å². The van der Waals surface area contributed by atoms with Crippen molar-refractivity contribution in [2.45, 2.75) is 78.7 Å². The lowest BCUT2D eigenvalue weighted by molar-refractivity contribution is -0.148. The second kappa shape index (κ2) is 9.40. The van der Waals surface area contributed by atoms with Gasteiger partial charge in [-0.15, -0.1) is 0 Å². The maximum atomic E-state index is 13.2. The number of hydrogen-bond donors (Lipinski definition) is 1. The smallest absolute Gasteiger partial charge is 0.256 e. The minimum atomic E-state index is -0.688. The highest BCUT2D eigenvalue weighted by atomic mass is 16.5. The maximum absolute atomic E-state index is 13.2. The SMILES string of the molecule is CCCOc1c(C)cc(NC(=O)[C@@]2(OCCC)CCC[C@@H](C)C2)cc1C. The summed E-state index contributed by atoms with van der Waals surface area (Å²) in [5.41, 5.74) is 2.24. The molecule has 0 bridgehead atoms. The van der Waals surface area contributed by atoms with Crippen molar-refractivity contribution < 1.29 is 14.3 Å². The zero-order valence-electron chi connectivity index (χ0n) is 17.1. The van der Waals surface area contributed by atoms with E-state index in [1.165, 1.54) is 6.42 Å². The molecule has 0 saturated heterocycles. The largest absolute Gasteiger partial charge is 0.493 e. The molecular formula is C22H35NO3. The molecular weight excluding hydrogens is 326 g/mol. The summed E-state index contributed by atoms with van der Waals surface area (Å²) in [5, 5.41) is 3.13. The summed E-state index contributed by atoms with van der Waals surface area (Å²) in [6, 6.07) is 3.99. The molecule has 4 nitrogen and oxygen atoms in total. The first-order valence-electron chi connectivity index (χ1n) is 10.1. The zero-order valence-corrected chi connectivity index (χ0v) is 17.1. The fraction of sp³-hybridized carbons (Fsp3) is 0.682. The first-order valence-corrected chi connectivity index (χ1v) is 10.1. The number of carbonyl (C=O) groups is 1. The lowest BCUT2D eigenvalue weighted by atomic mass is 9.78. The second-order valence-corrected chi connectivity index (χ2v) is 7.79. The van der Waals surface area contributed by atoms with Crippen LogP contribution in [0.4, 0.5) is 5.69 Å². The summed E-state index contributed by atoms with van der Waals surface area (Å²) in [6.45, 7) is 11.8. The van der Waals surface area contributed by atoms with E-state index in [1.54, 1.807) is 0 Å². The zero-order chi connectivity index (χ0) is 19.2. The van der Waals surface area contributed by atoms with E-state index < -0.39 is 5.60 Å². The Bertz CT molecular complexity index is 590. The third-order valence-electron chi connectivity index (χ3n) is 5.12. The molecule has 1 aliphatic rings. The van der Waals surface area contributed by atoms with Crippen molar-refractivity contribution in [1.82, 2.24) is 0 Å². The van der Waals surface area contributed by atoms with E-state index in [1.807, 2.05) is 26.0 Å². The number of benzene rings is 1. The van der Waals surface area contributed by atoms with Gasteiger partial charge >= 0.3 is 0 Å². The molecule has 0 unspecified atom stereocenters. The van der Waals surface area contributed by atoms with Crippen molar-refractivity contribution in [3.05, 3.63) is 23.3 Å². The molecule has 1 saturated carbocycles. The van der Waals surface area contributed by atoms with E-state index in [0.29, 0.717) is 19.1 Å². The number of hydrogen-bond acceptors (Lipinski definition) is 3. The van der Waals surface area contributed by atoms with Crippen molar-refractivity contribution in [2.75, 3.05) is 18.5 Å². The van der Waals surface area contributed by atoms with Gasteiger partial charge in [0.2, 0.25) is 0 Å². The molecule has 1 aromatic carbocycles. The molecule has 0 aliphatic heterocycles. The predicted molar refractivity (Wildman–Crippen MR) is 107 cm³/mol. The van der Waals surface area contributed by atoms with E-state index in [9.17, 15) is 4.79 Å². The van der Waals surface area contributed by atoms with Crippen molar-refractivity contribution in [2.24, 2.45) is 5.92 Å². The third kappa shape index (κ3) is 5.00. The summed E-state index contributed by atoms with van der Waals surface area (Å²) in [6.07, 6.45) is 5.72. The first kappa shape index (κ1) is 20.8. The number of rotatable bonds is 8. The molecule has 1 N–H and O–H groups in total. The molecule has 0 radical (unpaired) electrons. The van der Waals surface area contributed by atoms with Gasteiger partial charge in [-0.25, -0.2) is 0 Å². The van der Waals surface area contributed by atoms with E-state index in [4.69, 9.17) is 9.47 Å². The van der Waals surface area contributed by atoms with Crippen molar-refractivity contribution in [1.29, 1.82) is 0 Å². The van der Waals surface area contributed by atoms with Crippen molar-refractivity contribution in [3.8, 4) is 5.75 Å². The minimum absolute atomic E-state index is 0.00136. The molecule has 0 spiro atoms. The van der Waals surface area contributed by atoms with Gasteiger partial charge in [0, 0.05) is 12.3 Å². The summed E-state index contributed by atoms with van der Waals surface area (Å²) in [7, 11) is 0. The molecule has 2 rings (SSSR count). The van der Waals surface area contributed by atoms with Crippen LogP contribution in [0.15, 0.2) is 12.1 Å². The van der Waals surface area contributed by atoms with Gasteiger partial charge in [0.25, 0.3) is 5.91 Å². The summed E-state index contributed by atoms with van der Waals surface area (Å²) < 4.78 is 12.0. The molecule has 1 amide bonds. The van der Waals surface area contributed by atoms with Crippen LogP contribution in [0.1, 0.15) is 70.4 Å². The average Bonchev–Trinajstić information content (AvgIpc) is 2.59. The number of nitrogens with one attached hydrogen (secondary N) is 1. The number of ether oxygens (including phenoxy) is 2. The Morgan fingerprint density at radius 1 is 1.19 bits per heavy atom. The Morgan fingerprint density at radius 3 is 2.42 bits per heavy atom. The third-order valence-corrected chi connectivity index (χ3v) is 5.12. The molecule has 26 heavy (non-hydrogen) atoms. The normalized spacial score (nSPS) is 22.9. The topological polar surface area (TPSA) is 47.6 Å². The Hall–Kier alpha value is -1.55. The highest BCUT2D eigenvalue weighted by Crippen LogP contribution is 2.37. The van der Waals surface area contributed by atoms with Gasteiger partial charge in [-0.05, 0) is 75.1 Å². The van der Waals surface area contributed by atoms with Crippen LogP contribution in [0.2, 0.25) is 0 Å². The predicted octanol–water partition coefficient (Wildman–Crippen LogP) is 5.41. The average molecular weight is 362 g/mol. The Kier molecular flexibility index (Phi) is 7.51. The van der Waals surface area contributed by atoms with Crippen molar-refractivity contribution in [3.63, 3.8) is 0 Å². The molecule has 2 atom stereocenters. The molecule has 0 heterocycles. The highest BCUT2D eigenvalue weighted by Gasteiger charge is 2.42. The van der Waals surface area contributed by atoms with Crippen LogP contribution in [0.25, 0.3) is 0 Å². The quantitative estimate of drug-likeness (QED) is 0.674. The number of carbonyl (C=O) groups excluding carboxylic acids is 1. The lowest BCUT2D eigenvalue weighted by Crippen LogP contribution is -2.48. The van der Waals surface area contributed by atoms with Crippen molar-refractivity contribution >= 4 is 11.6 Å². The van der Waals surface area contributed by atoms with Crippen LogP contribution in [0.5, 0.6) is 5.75 Å². The van der Waals surface area contributed by atoms with E-state index in [0.717, 1.165) is 54.7 Å². The van der Waals surface area contributed by atoms with Gasteiger partial charge in [-0.3, -0.25) is 4.79 Å². The number of amides is 1. The Morgan fingerprint density at radius 2 is 1.85 bits per heavy atom. The summed E-state index contributed by atoms with van der Waals surface area (Å²) >= 11 is 0. The van der Waals surface area contributed by atoms with Crippen LogP contribution in [0, 0.1) is 19.8 Å². The first-order chi connectivity index (χ1) is 12.4. The lowest BCUT2D eigenvalue weighted by Gasteiger charge is -2.38. The van der Waals surface area contributed by atoms with Crippen LogP contribution in [0.3, 0.4) is 0 Å². The van der Waals surface area contributed by atoms with E-state index in [-0.39, 0.29) is 5.91 Å². The second-order valence-electron chi connectivity index (χ2n) is 7.79. The summed E-state index contributed by atoms with van der Waals surface area (Å²) in [5.74, 6) is 1.44. The Balaban J connectivity index is 2.18. The monoisotopic (exact) mass is 361 g/mol. The molecule has 1 aromatic rings. The van der Waals surface area contributed by atoms with Gasteiger partial charge in [0.15, 0.2) is 0 Å². The van der Waals surface area contributed by atoms with Gasteiger partial charge in [0.1, 0.15) is 11.4 Å². The minimum Gasteiger partial charge on any atom is -0.493 e. The molecule has 0 aromatic heterocycles. The fourth-order valence-electron chi connectivity index (χ4n) is 3.90. The van der Waals surface area contributed by atoms with Crippen LogP contribution in [-0.2, 0) is 9.53 Å². The van der Waals surface area contributed by atoms with Crippen LogP contribution in [-0.4, -0.2) is 24.7 Å². The van der Waals surface area contributed by atoms with E-state index >= 15 is 0 Å². The molecule has 146 valence electrons. The molecule has 4 heteroatoms. The molecule has 1 aliphatic carbocycles. The van der Waals surface area contributed by atoms with E-state index in [2.05, 4.69) is 26.1 Å². The fourth-order valence-corrected chi connectivity index (χ4v) is 3.90. The maximum Gasteiger partial charge on any atom is 0.256 e. The number of anilines is 1. The summed E-state index contributed by atoms with van der Waals surface area (Å²) in [4.78, 5) is 13.2. The molecule has 1 fully saturated rings. The van der Waals surface area contributed by atoms with Gasteiger partial charge in [-0.2, -0.15) is 0 Å².